The summed E-state index contributed by atoms with van der Waals surface area (Å²) in [6, 6.07) is 13.2. The number of carbonyl (C=O) groups is 2. The van der Waals surface area contributed by atoms with Crippen molar-refractivity contribution in [1.29, 1.82) is 0 Å². The first-order valence-corrected chi connectivity index (χ1v) is 9.95. The van der Waals surface area contributed by atoms with E-state index >= 15 is 0 Å². The lowest BCUT2D eigenvalue weighted by molar-refractivity contribution is 0.0680. The highest BCUT2D eigenvalue weighted by atomic mass is 35.5. The van der Waals surface area contributed by atoms with E-state index in [1.807, 2.05) is 70.2 Å². The summed E-state index contributed by atoms with van der Waals surface area (Å²) >= 11 is 6.08. The van der Waals surface area contributed by atoms with Crippen LogP contribution in [0, 0.1) is 5.41 Å². The number of rotatable bonds is 3. The predicted molar refractivity (Wildman–Crippen MR) is 112 cm³/mol. The van der Waals surface area contributed by atoms with Crippen LogP contribution in [0.1, 0.15) is 45.7 Å². The van der Waals surface area contributed by atoms with Gasteiger partial charge in [0, 0.05) is 6.54 Å². The van der Waals surface area contributed by atoms with Gasteiger partial charge >= 0.3 is 11.5 Å². The van der Waals surface area contributed by atoms with Gasteiger partial charge in [-0.3, -0.25) is 4.79 Å². The second kappa shape index (κ2) is 7.63. The van der Waals surface area contributed by atoms with Crippen LogP contribution in [0.3, 0.4) is 0 Å². The fraction of sp³-hybridized carbons (Fsp3) is 0.455. The molecule has 0 aromatic heterocycles. The number of nitrogens with zero attached hydrogens (tertiary/aromatic N) is 2. The van der Waals surface area contributed by atoms with E-state index in [0.717, 1.165) is 16.3 Å². The van der Waals surface area contributed by atoms with Crippen LogP contribution in [0.2, 0.25) is 0 Å². The highest BCUT2D eigenvalue weighted by Gasteiger charge is 2.48. The summed E-state index contributed by atoms with van der Waals surface area (Å²) in [5, 5.41) is 11.3. The van der Waals surface area contributed by atoms with Crippen LogP contribution in [-0.2, 0) is 0 Å². The summed E-state index contributed by atoms with van der Waals surface area (Å²) in [6.45, 7) is 8.37. The molecule has 0 aliphatic carbocycles. The molecular weight excluding hydrogens is 376 g/mol. The zero-order chi connectivity index (χ0) is 20.6. The normalized spacial score (nSPS) is 21.0. The number of carboxylic acid groups (broad SMARTS) is 1. The quantitative estimate of drug-likeness (QED) is 0.526. The summed E-state index contributed by atoms with van der Waals surface area (Å²) in [4.78, 5) is 27.5. The predicted octanol–water partition coefficient (Wildman–Crippen LogP) is 5.73. The number of likely N-dealkylation sites (tertiary alicyclic amines) is 1. The Morgan fingerprint density at radius 1 is 1.18 bits per heavy atom. The molecule has 2 amide bonds. The fourth-order valence-corrected chi connectivity index (χ4v) is 4.93. The lowest BCUT2D eigenvalue weighted by Crippen LogP contribution is -2.54. The largest absolute Gasteiger partial charge is 0.465 e. The van der Waals surface area contributed by atoms with Crippen molar-refractivity contribution in [1.82, 2.24) is 9.80 Å². The Bertz CT molecular complexity index is 887. The third-order valence-corrected chi connectivity index (χ3v) is 5.95. The number of hydrogen-bond acceptors (Lipinski definition) is 2. The molecule has 0 radical (unpaired) electrons. The summed E-state index contributed by atoms with van der Waals surface area (Å²) in [6.07, 6.45) is -0.385. The Morgan fingerprint density at radius 3 is 2.43 bits per heavy atom. The summed E-state index contributed by atoms with van der Waals surface area (Å²) in [5.74, 6) is 0. The smallest absolute Gasteiger partial charge is 0.407 e. The van der Waals surface area contributed by atoms with Crippen LogP contribution in [0.5, 0.6) is 0 Å². The maximum atomic E-state index is 12.6. The monoisotopic (exact) mass is 402 g/mol. The molecule has 1 N–H and O–H groups in total. The average Bonchev–Trinajstić information content (AvgIpc) is 3.06. The van der Waals surface area contributed by atoms with Gasteiger partial charge in [0.05, 0.1) is 18.1 Å². The molecule has 2 aromatic carbocycles. The minimum absolute atomic E-state index is 0.278. The molecule has 28 heavy (non-hydrogen) atoms. The summed E-state index contributed by atoms with van der Waals surface area (Å²) in [7, 11) is 0. The van der Waals surface area contributed by atoms with Crippen LogP contribution in [0.25, 0.3) is 10.8 Å². The molecule has 150 valence electrons. The number of carbonyl (C=O) groups excluding carboxylic acids is 1. The molecule has 0 saturated carbocycles. The molecule has 3 atom stereocenters. The van der Waals surface area contributed by atoms with Gasteiger partial charge in [-0.2, -0.15) is 0 Å². The Hall–Kier alpha value is -2.27. The summed E-state index contributed by atoms with van der Waals surface area (Å²) in [5.41, 5.74) is 0.677. The lowest BCUT2D eigenvalue weighted by Gasteiger charge is -2.43. The van der Waals surface area contributed by atoms with E-state index < -0.39 is 11.5 Å². The first-order valence-electron chi connectivity index (χ1n) is 9.58. The van der Waals surface area contributed by atoms with E-state index in [-0.39, 0.29) is 23.5 Å². The van der Waals surface area contributed by atoms with E-state index in [9.17, 15) is 14.7 Å². The maximum absolute atomic E-state index is 12.6. The van der Waals surface area contributed by atoms with Crippen LogP contribution in [-0.4, -0.2) is 45.0 Å². The highest BCUT2D eigenvalue weighted by molar-refractivity contribution is 6.62. The number of benzene rings is 2. The maximum Gasteiger partial charge on any atom is 0.407 e. The minimum Gasteiger partial charge on any atom is -0.465 e. The Labute approximate surface area is 170 Å². The molecule has 2 unspecified atom stereocenters. The molecule has 6 heteroatoms. The molecule has 2 aromatic rings. The van der Waals surface area contributed by atoms with E-state index in [0.29, 0.717) is 13.0 Å². The SMILES string of the molecule is C[C@H](c1cccc2ccccc12)N(C(=O)Cl)C1CCN(C(=O)O)C1C(C)(C)C. The molecular formula is C22H27ClN2O3. The lowest BCUT2D eigenvalue weighted by atomic mass is 9.81. The molecule has 3 rings (SSSR count). The molecule has 1 saturated heterocycles. The van der Waals surface area contributed by atoms with Crippen LogP contribution in [0.4, 0.5) is 9.59 Å². The Kier molecular flexibility index (Phi) is 5.57. The van der Waals surface area contributed by atoms with E-state index in [1.165, 1.54) is 4.90 Å². The first-order chi connectivity index (χ1) is 13.1. The third kappa shape index (κ3) is 3.68. The van der Waals surface area contributed by atoms with Crippen LogP contribution >= 0.6 is 11.6 Å². The van der Waals surface area contributed by atoms with Crippen molar-refractivity contribution in [2.45, 2.75) is 52.2 Å². The van der Waals surface area contributed by atoms with E-state index in [1.54, 1.807) is 4.90 Å². The van der Waals surface area contributed by atoms with E-state index in [4.69, 9.17) is 11.6 Å². The number of hydrogen-bond donors (Lipinski definition) is 1. The number of amides is 2. The molecule has 1 aliphatic rings. The van der Waals surface area contributed by atoms with Crippen molar-refractivity contribution >= 4 is 33.8 Å². The zero-order valence-electron chi connectivity index (χ0n) is 16.7. The van der Waals surface area contributed by atoms with Crippen LogP contribution < -0.4 is 0 Å². The third-order valence-electron chi connectivity index (χ3n) is 5.75. The fourth-order valence-electron chi connectivity index (χ4n) is 4.66. The van der Waals surface area contributed by atoms with Gasteiger partial charge in [0.2, 0.25) is 0 Å². The van der Waals surface area contributed by atoms with Gasteiger partial charge in [-0.15, -0.1) is 0 Å². The topological polar surface area (TPSA) is 60.9 Å². The van der Waals surface area contributed by atoms with Gasteiger partial charge < -0.3 is 14.9 Å². The zero-order valence-corrected chi connectivity index (χ0v) is 17.5. The van der Waals surface area contributed by atoms with Gasteiger partial charge in [0.15, 0.2) is 0 Å². The minimum atomic E-state index is -0.956. The first kappa shape index (κ1) is 20.5. The van der Waals surface area contributed by atoms with Crippen molar-refractivity contribution < 1.29 is 14.7 Å². The summed E-state index contributed by atoms with van der Waals surface area (Å²) < 4.78 is 0. The van der Waals surface area contributed by atoms with Crippen molar-refractivity contribution in [3.8, 4) is 0 Å². The van der Waals surface area contributed by atoms with Crippen molar-refractivity contribution in [3.63, 3.8) is 0 Å². The number of fused-ring (bicyclic) bond motifs is 1. The van der Waals surface area contributed by atoms with Gasteiger partial charge in [-0.1, -0.05) is 63.2 Å². The van der Waals surface area contributed by atoms with E-state index in [2.05, 4.69) is 0 Å². The molecule has 0 bridgehead atoms. The number of halogens is 1. The highest BCUT2D eigenvalue weighted by Crippen LogP contribution is 2.40. The van der Waals surface area contributed by atoms with Gasteiger partial charge in [-0.25, -0.2) is 4.79 Å². The molecule has 1 aliphatic heterocycles. The Balaban J connectivity index is 2.06. The average molecular weight is 403 g/mol. The second-order valence-electron chi connectivity index (χ2n) is 8.55. The standard InChI is InChI=1S/C22H27ClN2O3/c1-14(16-11-7-9-15-8-5-6-10-17(15)16)25(20(23)26)18-12-13-24(21(27)28)19(18)22(2,3)4/h5-11,14,18-19H,12-13H2,1-4H3,(H,27,28)/t14-,18?,19?/m1/s1. The van der Waals surface area contributed by atoms with Gasteiger partial charge in [0.1, 0.15) is 0 Å². The van der Waals surface area contributed by atoms with Gasteiger partial charge in [-0.05, 0) is 46.7 Å². The van der Waals surface area contributed by atoms with Gasteiger partial charge in [0.25, 0.3) is 0 Å². The van der Waals surface area contributed by atoms with Crippen molar-refractivity contribution in [2.75, 3.05) is 6.54 Å². The molecule has 1 heterocycles. The molecule has 1 fully saturated rings. The molecule has 5 nitrogen and oxygen atoms in total. The van der Waals surface area contributed by atoms with Crippen molar-refractivity contribution in [3.05, 3.63) is 48.0 Å². The Morgan fingerprint density at radius 2 is 1.82 bits per heavy atom. The van der Waals surface area contributed by atoms with Crippen molar-refractivity contribution in [2.24, 2.45) is 5.41 Å². The second-order valence-corrected chi connectivity index (χ2v) is 8.87. The van der Waals surface area contributed by atoms with Crippen LogP contribution in [0.15, 0.2) is 42.5 Å². The molecule has 0 spiro atoms.